The van der Waals surface area contributed by atoms with Crippen molar-refractivity contribution in [2.24, 2.45) is 0 Å². The first kappa shape index (κ1) is 12.3. The van der Waals surface area contributed by atoms with Crippen molar-refractivity contribution in [3.05, 3.63) is 17.8 Å². The van der Waals surface area contributed by atoms with Crippen molar-refractivity contribution < 1.29 is 0 Å². The van der Waals surface area contributed by atoms with E-state index in [4.69, 9.17) is 0 Å². The smallest absolute Gasteiger partial charge is 0.148 e. The van der Waals surface area contributed by atoms with Gasteiger partial charge in [0.1, 0.15) is 5.82 Å². The molecule has 0 atom stereocenters. The highest BCUT2D eigenvalue weighted by atomic mass is 15.2. The molecule has 1 aliphatic rings. The highest BCUT2D eigenvalue weighted by Crippen LogP contribution is 2.32. The average molecular weight is 234 g/mol. The number of nitrogens with zero attached hydrogens (tertiary/aromatic N) is 2. The summed E-state index contributed by atoms with van der Waals surface area (Å²) in [6.07, 6.45) is 6.35. The van der Waals surface area contributed by atoms with Crippen LogP contribution in [-0.4, -0.2) is 30.3 Å². The summed E-state index contributed by atoms with van der Waals surface area (Å²) in [7, 11) is 1.97. The summed E-state index contributed by atoms with van der Waals surface area (Å²) in [5, 5.41) is 15.0. The molecule has 2 rings (SSSR count). The third-order valence-corrected chi connectivity index (χ3v) is 3.37. The van der Waals surface area contributed by atoms with Gasteiger partial charge in [0.05, 0.1) is 5.69 Å². The maximum Gasteiger partial charge on any atom is 0.148 e. The largest absolute Gasteiger partial charge is 0.369 e. The van der Waals surface area contributed by atoms with Gasteiger partial charge in [-0.05, 0) is 45.0 Å². The van der Waals surface area contributed by atoms with Crippen molar-refractivity contribution >= 4 is 5.82 Å². The number of anilines is 1. The highest BCUT2D eigenvalue weighted by Gasteiger charge is 2.18. The molecule has 0 radical (unpaired) electrons. The quantitative estimate of drug-likeness (QED) is 0.741. The van der Waals surface area contributed by atoms with Crippen LogP contribution in [0.5, 0.6) is 0 Å². The molecule has 0 aromatic carbocycles. The Morgan fingerprint density at radius 1 is 1.18 bits per heavy atom. The molecule has 0 aliphatic heterocycles. The number of nitrogens with one attached hydrogen (secondary N) is 2. The maximum absolute atomic E-state index is 4.33. The Morgan fingerprint density at radius 3 is 2.65 bits per heavy atom. The Hall–Kier alpha value is -1.16. The van der Waals surface area contributed by atoms with E-state index in [1.165, 1.54) is 31.4 Å². The summed E-state index contributed by atoms with van der Waals surface area (Å²) in [6.45, 7) is 1.97. The first-order valence-electron chi connectivity index (χ1n) is 6.62. The predicted octanol–water partition coefficient (Wildman–Crippen LogP) is 2.16. The molecule has 1 saturated carbocycles. The molecule has 0 saturated heterocycles. The molecule has 0 bridgehead atoms. The van der Waals surface area contributed by atoms with E-state index in [1.54, 1.807) is 0 Å². The van der Waals surface area contributed by atoms with Crippen LogP contribution in [0.3, 0.4) is 0 Å². The standard InChI is InChI=1S/C13H22N4/c1-14-9-4-10-15-13-8-7-12(16-17-13)11-5-2-3-6-11/h7-8,11,14H,2-6,9-10H2,1H3,(H,15,17). The molecule has 0 unspecified atom stereocenters. The number of aromatic nitrogens is 2. The molecule has 1 aromatic rings. The lowest BCUT2D eigenvalue weighted by molar-refractivity contribution is 0.680. The van der Waals surface area contributed by atoms with Gasteiger partial charge in [0, 0.05) is 12.5 Å². The molecule has 1 aliphatic carbocycles. The van der Waals surface area contributed by atoms with Gasteiger partial charge in [0.15, 0.2) is 0 Å². The summed E-state index contributed by atoms with van der Waals surface area (Å²) >= 11 is 0. The van der Waals surface area contributed by atoms with E-state index >= 15 is 0 Å². The SMILES string of the molecule is CNCCCNc1ccc(C2CCCC2)nn1. The zero-order valence-corrected chi connectivity index (χ0v) is 10.6. The lowest BCUT2D eigenvalue weighted by atomic mass is 10.0. The fourth-order valence-electron chi connectivity index (χ4n) is 2.36. The Bertz CT molecular complexity index is 317. The number of rotatable bonds is 6. The van der Waals surface area contributed by atoms with Crippen LogP contribution in [0.25, 0.3) is 0 Å². The summed E-state index contributed by atoms with van der Waals surface area (Å²) in [5.74, 6) is 1.55. The molecule has 0 amide bonds. The van der Waals surface area contributed by atoms with E-state index in [1.807, 2.05) is 7.05 Å². The van der Waals surface area contributed by atoms with Crippen molar-refractivity contribution in [2.75, 3.05) is 25.5 Å². The molecule has 1 fully saturated rings. The Balaban J connectivity index is 1.80. The van der Waals surface area contributed by atoms with Gasteiger partial charge >= 0.3 is 0 Å². The second-order valence-corrected chi connectivity index (χ2v) is 4.71. The lowest BCUT2D eigenvalue weighted by Gasteiger charge is -2.09. The lowest BCUT2D eigenvalue weighted by Crippen LogP contribution is -2.13. The first-order valence-corrected chi connectivity index (χ1v) is 6.62. The molecule has 1 heterocycles. The van der Waals surface area contributed by atoms with Crippen LogP contribution in [0.4, 0.5) is 5.82 Å². The highest BCUT2D eigenvalue weighted by molar-refractivity contribution is 5.33. The molecule has 0 spiro atoms. The van der Waals surface area contributed by atoms with Gasteiger partial charge in [-0.1, -0.05) is 12.8 Å². The topological polar surface area (TPSA) is 49.8 Å². The molecular formula is C13H22N4. The van der Waals surface area contributed by atoms with Crippen molar-refractivity contribution in [3.8, 4) is 0 Å². The molecule has 4 heteroatoms. The van der Waals surface area contributed by atoms with Gasteiger partial charge in [-0.15, -0.1) is 5.10 Å². The minimum absolute atomic E-state index is 0.654. The molecule has 1 aromatic heterocycles. The van der Waals surface area contributed by atoms with Gasteiger partial charge < -0.3 is 10.6 Å². The monoisotopic (exact) mass is 234 g/mol. The van der Waals surface area contributed by atoms with Crippen LogP contribution in [0.1, 0.15) is 43.7 Å². The summed E-state index contributed by atoms with van der Waals surface area (Å²) < 4.78 is 0. The second-order valence-electron chi connectivity index (χ2n) is 4.71. The Morgan fingerprint density at radius 2 is 2.00 bits per heavy atom. The summed E-state index contributed by atoms with van der Waals surface area (Å²) in [6, 6.07) is 4.18. The van der Waals surface area contributed by atoms with Crippen LogP contribution in [0.15, 0.2) is 12.1 Å². The molecular weight excluding hydrogens is 212 g/mol. The minimum atomic E-state index is 0.654. The van der Waals surface area contributed by atoms with Crippen molar-refractivity contribution in [2.45, 2.75) is 38.0 Å². The minimum Gasteiger partial charge on any atom is -0.369 e. The van der Waals surface area contributed by atoms with E-state index in [-0.39, 0.29) is 0 Å². The van der Waals surface area contributed by atoms with Gasteiger partial charge in [-0.2, -0.15) is 5.10 Å². The van der Waals surface area contributed by atoms with Gasteiger partial charge in [-0.25, -0.2) is 0 Å². The van der Waals surface area contributed by atoms with Gasteiger partial charge in [0.25, 0.3) is 0 Å². The second kappa shape index (κ2) is 6.55. The zero-order valence-electron chi connectivity index (χ0n) is 10.6. The van der Waals surface area contributed by atoms with E-state index < -0.39 is 0 Å². The maximum atomic E-state index is 4.33. The van der Waals surface area contributed by atoms with Crippen molar-refractivity contribution in [1.29, 1.82) is 0 Å². The van der Waals surface area contributed by atoms with E-state index in [2.05, 4.69) is 33.0 Å². The average Bonchev–Trinajstić information content (AvgIpc) is 2.89. The van der Waals surface area contributed by atoms with Crippen LogP contribution >= 0.6 is 0 Å². The van der Waals surface area contributed by atoms with Crippen LogP contribution in [0.2, 0.25) is 0 Å². The number of hydrogen-bond donors (Lipinski definition) is 2. The summed E-state index contributed by atoms with van der Waals surface area (Å²) in [5.41, 5.74) is 1.17. The third-order valence-electron chi connectivity index (χ3n) is 3.37. The zero-order chi connectivity index (χ0) is 11.9. The molecule has 2 N–H and O–H groups in total. The molecule has 17 heavy (non-hydrogen) atoms. The Kier molecular flexibility index (Phi) is 4.74. The van der Waals surface area contributed by atoms with Gasteiger partial charge in [0.2, 0.25) is 0 Å². The van der Waals surface area contributed by atoms with Crippen molar-refractivity contribution in [3.63, 3.8) is 0 Å². The van der Waals surface area contributed by atoms with E-state index in [9.17, 15) is 0 Å². The first-order chi connectivity index (χ1) is 8.40. The third kappa shape index (κ3) is 3.66. The van der Waals surface area contributed by atoms with Crippen LogP contribution in [0, 0.1) is 0 Å². The normalized spacial score (nSPS) is 16.3. The summed E-state index contributed by atoms with van der Waals surface area (Å²) in [4.78, 5) is 0. The van der Waals surface area contributed by atoms with Crippen LogP contribution < -0.4 is 10.6 Å². The molecule has 94 valence electrons. The fourth-order valence-corrected chi connectivity index (χ4v) is 2.36. The predicted molar refractivity (Wildman–Crippen MR) is 70.3 cm³/mol. The molecule has 4 nitrogen and oxygen atoms in total. The van der Waals surface area contributed by atoms with Crippen molar-refractivity contribution in [1.82, 2.24) is 15.5 Å². The van der Waals surface area contributed by atoms with E-state index in [0.29, 0.717) is 5.92 Å². The van der Waals surface area contributed by atoms with Crippen LogP contribution in [-0.2, 0) is 0 Å². The van der Waals surface area contributed by atoms with Gasteiger partial charge in [-0.3, -0.25) is 0 Å². The fraction of sp³-hybridized carbons (Fsp3) is 0.692. The Labute approximate surface area is 103 Å². The number of hydrogen-bond acceptors (Lipinski definition) is 4. The van der Waals surface area contributed by atoms with E-state index in [0.717, 1.165) is 25.3 Å².